The molecule has 0 aliphatic rings. The van der Waals surface area contributed by atoms with Crippen molar-refractivity contribution < 1.29 is 0 Å². The Morgan fingerprint density at radius 3 is 2.29 bits per heavy atom. The number of hydrogen-bond donors (Lipinski definition) is 1. The molecule has 0 saturated carbocycles. The van der Waals surface area contributed by atoms with E-state index in [-0.39, 0.29) is 0 Å². The largest absolute Gasteiger partial charge is 0.313 e. The van der Waals surface area contributed by atoms with Gasteiger partial charge in [-0.3, -0.25) is 0 Å². The Balaban J connectivity index is 2.61. The SMILES string of the molecule is CCCC(C)CC(C)C(NC)c1ccccc1. The van der Waals surface area contributed by atoms with Crippen LogP contribution in [0.25, 0.3) is 0 Å². The highest BCUT2D eigenvalue weighted by Crippen LogP contribution is 2.28. The summed E-state index contributed by atoms with van der Waals surface area (Å²) in [7, 11) is 2.07. The van der Waals surface area contributed by atoms with E-state index in [0.29, 0.717) is 12.0 Å². The summed E-state index contributed by atoms with van der Waals surface area (Å²) in [6, 6.07) is 11.3. The Morgan fingerprint density at radius 1 is 1.12 bits per heavy atom. The molecule has 0 amide bonds. The Hall–Kier alpha value is -0.820. The lowest BCUT2D eigenvalue weighted by Crippen LogP contribution is -2.24. The van der Waals surface area contributed by atoms with Gasteiger partial charge in [0.15, 0.2) is 0 Å². The van der Waals surface area contributed by atoms with Crippen molar-refractivity contribution in [1.82, 2.24) is 5.32 Å². The van der Waals surface area contributed by atoms with E-state index in [2.05, 4.69) is 63.5 Å². The molecule has 0 aromatic heterocycles. The van der Waals surface area contributed by atoms with Gasteiger partial charge in [0.25, 0.3) is 0 Å². The van der Waals surface area contributed by atoms with Gasteiger partial charge >= 0.3 is 0 Å². The summed E-state index contributed by atoms with van der Waals surface area (Å²) in [5.74, 6) is 1.51. The summed E-state index contributed by atoms with van der Waals surface area (Å²) >= 11 is 0. The fraction of sp³-hybridized carbons (Fsp3) is 0.625. The van der Waals surface area contributed by atoms with Gasteiger partial charge in [0, 0.05) is 6.04 Å². The predicted molar refractivity (Wildman–Crippen MR) is 76.1 cm³/mol. The first kappa shape index (κ1) is 14.2. The van der Waals surface area contributed by atoms with E-state index >= 15 is 0 Å². The van der Waals surface area contributed by atoms with Crippen molar-refractivity contribution in [3.8, 4) is 0 Å². The van der Waals surface area contributed by atoms with Crippen LogP contribution in [0.2, 0.25) is 0 Å². The average Bonchev–Trinajstić information content (AvgIpc) is 2.31. The van der Waals surface area contributed by atoms with Crippen molar-refractivity contribution in [3.63, 3.8) is 0 Å². The number of rotatable bonds is 7. The third kappa shape index (κ3) is 4.51. The normalized spacial score (nSPS) is 16.5. The molecule has 3 atom stereocenters. The molecule has 0 fully saturated rings. The van der Waals surface area contributed by atoms with Crippen molar-refractivity contribution in [2.75, 3.05) is 7.05 Å². The lowest BCUT2D eigenvalue weighted by atomic mass is 9.86. The van der Waals surface area contributed by atoms with E-state index in [0.717, 1.165) is 5.92 Å². The standard InChI is InChI=1S/C16H27N/c1-5-9-13(2)12-14(3)16(17-4)15-10-7-6-8-11-15/h6-8,10-11,13-14,16-17H,5,9,12H2,1-4H3. The maximum absolute atomic E-state index is 3.47. The summed E-state index contributed by atoms with van der Waals surface area (Å²) in [6.45, 7) is 7.01. The maximum Gasteiger partial charge on any atom is 0.0343 e. The number of hydrogen-bond acceptors (Lipinski definition) is 1. The van der Waals surface area contributed by atoms with Crippen LogP contribution in [-0.4, -0.2) is 7.05 Å². The van der Waals surface area contributed by atoms with Crippen LogP contribution in [-0.2, 0) is 0 Å². The Kier molecular flexibility index (Phi) is 6.28. The van der Waals surface area contributed by atoms with Crippen LogP contribution in [0.3, 0.4) is 0 Å². The monoisotopic (exact) mass is 233 g/mol. The Bertz CT molecular complexity index is 294. The summed E-state index contributed by atoms with van der Waals surface area (Å²) in [4.78, 5) is 0. The van der Waals surface area contributed by atoms with E-state index in [1.807, 2.05) is 0 Å². The van der Waals surface area contributed by atoms with Crippen LogP contribution in [0.4, 0.5) is 0 Å². The van der Waals surface area contributed by atoms with Crippen LogP contribution in [0.15, 0.2) is 30.3 Å². The van der Waals surface area contributed by atoms with Crippen LogP contribution in [0, 0.1) is 11.8 Å². The highest BCUT2D eigenvalue weighted by molar-refractivity contribution is 5.19. The van der Waals surface area contributed by atoms with Crippen molar-refractivity contribution in [2.45, 2.75) is 46.1 Å². The van der Waals surface area contributed by atoms with Gasteiger partial charge in [0.1, 0.15) is 0 Å². The smallest absolute Gasteiger partial charge is 0.0343 e. The molecule has 0 aliphatic heterocycles. The fourth-order valence-electron chi connectivity index (χ4n) is 2.82. The summed E-state index contributed by atoms with van der Waals surface area (Å²) in [5.41, 5.74) is 1.41. The molecule has 1 aromatic carbocycles. The first-order valence-electron chi connectivity index (χ1n) is 6.91. The molecule has 0 aliphatic carbocycles. The summed E-state index contributed by atoms with van der Waals surface area (Å²) in [5, 5.41) is 3.47. The van der Waals surface area contributed by atoms with Crippen LogP contribution in [0.5, 0.6) is 0 Å². The van der Waals surface area contributed by atoms with E-state index in [1.165, 1.54) is 24.8 Å². The third-order valence-corrected chi connectivity index (χ3v) is 3.59. The zero-order valence-electron chi connectivity index (χ0n) is 11.7. The zero-order valence-corrected chi connectivity index (χ0v) is 11.7. The molecule has 3 unspecified atom stereocenters. The van der Waals surface area contributed by atoms with Crippen molar-refractivity contribution in [1.29, 1.82) is 0 Å². The van der Waals surface area contributed by atoms with Crippen LogP contribution < -0.4 is 5.32 Å². The first-order valence-corrected chi connectivity index (χ1v) is 6.91. The topological polar surface area (TPSA) is 12.0 Å². The second-order valence-electron chi connectivity index (χ2n) is 5.28. The predicted octanol–water partition coefficient (Wildman–Crippen LogP) is 4.41. The quantitative estimate of drug-likeness (QED) is 0.735. The van der Waals surface area contributed by atoms with E-state index in [9.17, 15) is 0 Å². The molecule has 17 heavy (non-hydrogen) atoms. The lowest BCUT2D eigenvalue weighted by molar-refractivity contribution is 0.320. The molecule has 1 heteroatoms. The Morgan fingerprint density at radius 2 is 1.76 bits per heavy atom. The van der Waals surface area contributed by atoms with Crippen LogP contribution >= 0.6 is 0 Å². The van der Waals surface area contributed by atoms with E-state index in [1.54, 1.807) is 0 Å². The molecule has 1 nitrogen and oxygen atoms in total. The third-order valence-electron chi connectivity index (χ3n) is 3.59. The molecule has 0 spiro atoms. The molecule has 1 N–H and O–H groups in total. The summed E-state index contributed by atoms with van der Waals surface area (Å²) < 4.78 is 0. The van der Waals surface area contributed by atoms with Crippen LogP contribution in [0.1, 0.15) is 51.6 Å². The minimum atomic E-state index is 0.482. The Labute approximate surface area is 107 Å². The van der Waals surface area contributed by atoms with Crippen molar-refractivity contribution >= 4 is 0 Å². The van der Waals surface area contributed by atoms with E-state index < -0.39 is 0 Å². The first-order chi connectivity index (χ1) is 8.19. The minimum absolute atomic E-state index is 0.482. The molecule has 1 rings (SSSR count). The van der Waals surface area contributed by atoms with Gasteiger partial charge in [0.05, 0.1) is 0 Å². The second-order valence-corrected chi connectivity index (χ2v) is 5.28. The summed E-state index contributed by atoms with van der Waals surface area (Å²) in [6.07, 6.45) is 3.94. The molecular formula is C16H27N. The lowest BCUT2D eigenvalue weighted by Gasteiger charge is -2.26. The number of nitrogens with one attached hydrogen (secondary N) is 1. The molecule has 96 valence electrons. The van der Waals surface area contributed by atoms with Gasteiger partial charge in [0.2, 0.25) is 0 Å². The van der Waals surface area contributed by atoms with E-state index in [4.69, 9.17) is 0 Å². The average molecular weight is 233 g/mol. The molecule has 0 radical (unpaired) electrons. The number of benzene rings is 1. The molecule has 1 aromatic rings. The second kappa shape index (κ2) is 7.50. The van der Waals surface area contributed by atoms with Gasteiger partial charge in [-0.05, 0) is 30.9 Å². The van der Waals surface area contributed by atoms with Gasteiger partial charge in [-0.1, -0.05) is 63.9 Å². The highest BCUT2D eigenvalue weighted by Gasteiger charge is 2.19. The van der Waals surface area contributed by atoms with Crippen molar-refractivity contribution in [3.05, 3.63) is 35.9 Å². The molecule has 0 heterocycles. The van der Waals surface area contributed by atoms with Gasteiger partial charge < -0.3 is 5.32 Å². The fourth-order valence-corrected chi connectivity index (χ4v) is 2.82. The maximum atomic E-state index is 3.47. The van der Waals surface area contributed by atoms with Crippen molar-refractivity contribution in [2.24, 2.45) is 11.8 Å². The minimum Gasteiger partial charge on any atom is -0.313 e. The zero-order chi connectivity index (χ0) is 12.7. The van der Waals surface area contributed by atoms with Gasteiger partial charge in [-0.15, -0.1) is 0 Å². The highest BCUT2D eigenvalue weighted by atomic mass is 14.9. The molecule has 0 bridgehead atoms. The van der Waals surface area contributed by atoms with Gasteiger partial charge in [-0.25, -0.2) is 0 Å². The molecular weight excluding hydrogens is 206 g/mol. The van der Waals surface area contributed by atoms with Gasteiger partial charge in [-0.2, -0.15) is 0 Å². The molecule has 0 saturated heterocycles.